The van der Waals surface area contributed by atoms with Gasteiger partial charge in [-0.25, -0.2) is 13.1 Å². The van der Waals surface area contributed by atoms with Gasteiger partial charge >= 0.3 is 0 Å². The summed E-state index contributed by atoms with van der Waals surface area (Å²) in [6.45, 7) is 2.26. The summed E-state index contributed by atoms with van der Waals surface area (Å²) < 4.78 is 31.8. The number of aromatic nitrogens is 1. The van der Waals surface area contributed by atoms with Crippen molar-refractivity contribution in [3.63, 3.8) is 0 Å². The third kappa shape index (κ3) is 6.34. The van der Waals surface area contributed by atoms with Crippen LogP contribution < -0.4 is 9.46 Å². The molecule has 33 heavy (non-hydrogen) atoms. The van der Waals surface area contributed by atoms with Crippen molar-refractivity contribution in [3.8, 4) is 5.75 Å². The van der Waals surface area contributed by atoms with Gasteiger partial charge in [0.15, 0.2) is 0 Å². The predicted molar refractivity (Wildman–Crippen MR) is 128 cm³/mol. The molecule has 3 rings (SSSR count). The summed E-state index contributed by atoms with van der Waals surface area (Å²) >= 11 is 5.99. The highest BCUT2D eigenvalue weighted by Crippen LogP contribution is 2.20. The molecule has 0 saturated carbocycles. The Hall–Kier alpha value is -3.36. The van der Waals surface area contributed by atoms with Crippen LogP contribution in [0.25, 0.3) is 6.08 Å². The maximum absolute atomic E-state index is 13.0. The number of nitrogens with one attached hydrogen (secondary N) is 1. The van der Waals surface area contributed by atoms with Gasteiger partial charge in [0.2, 0.25) is 15.8 Å². The summed E-state index contributed by atoms with van der Waals surface area (Å²) in [7, 11) is -2.16. The van der Waals surface area contributed by atoms with Gasteiger partial charge in [-0.15, -0.1) is 0 Å². The number of rotatable bonds is 8. The lowest BCUT2D eigenvalue weighted by molar-refractivity contribution is 0.0980. The normalized spacial score (nSPS) is 11.5. The van der Waals surface area contributed by atoms with E-state index in [-0.39, 0.29) is 11.3 Å². The number of allylic oxidation sites excluding steroid dienone is 1. The van der Waals surface area contributed by atoms with Gasteiger partial charge < -0.3 is 9.30 Å². The van der Waals surface area contributed by atoms with Gasteiger partial charge in [0.25, 0.3) is 5.91 Å². The first-order chi connectivity index (χ1) is 15.6. The summed E-state index contributed by atoms with van der Waals surface area (Å²) in [6.07, 6.45) is 6.23. The molecule has 0 spiro atoms. The van der Waals surface area contributed by atoms with Crippen LogP contribution in [-0.2, 0) is 16.6 Å². The molecule has 1 aromatic heterocycles. The first-order valence-electron chi connectivity index (χ1n) is 9.91. The van der Waals surface area contributed by atoms with Crippen LogP contribution in [-0.4, -0.2) is 38.0 Å². The fourth-order valence-corrected chi connectivity index (χ4v) is 3.89. The first kappa shape index (κ1) is 24.3. The van der Waals surface area contributed by atoms with Crippen LogP contribution in [0.15, 0.2) is 60.8 Å². The van der Waals surface area contributed by atoms with Gasteiger partial charge in [0, 0.05) is 28.9 Å². The zero-order chi connectivity index (χ0) is 24.2. The molecule has 0 atom stereocenters. The van der Waals surface area contributed by atoms with E-state index in [1.807, 2.05) is 28.5 Å². The van der Waals surface area contributed by atoms with Crippen molar-refractivity contribution in [1.29, 1.82) is 0 Å². The maximum atomic E-state index is 13.0. The fourth-order valence-electron chi connectivity index (χ4n) is 3.28. The number of halogens is 1. The quantitative estimate of drug-likeness (QED) is 0.484. The molecule has 3 aromatic rings. The van der Waals surface area contributed by atoms with Crippen LogP contribution in [0.2, 0.25) is 5.02 Å². The Balaban J connectivity index is 1.84. The molecule has 0 radical (unpaired) electrons. The molecule has 0 bridgehead atoms. The molecular weight excluding hydrogens is 464 g/mol. The molecule has 0 aliphatic carbocycles. The van der Waals surface area contributed by atoms with Crippen molar-refractivity contribution in [1.82, 2.24) is 9.29 Å². The molecule has 1 N–H and O–H groups in total. The second-order valence-electron chi connectivity index (χ2n) is 7.45. The van der Waals surface area contributed by atoms with E-state index in [0.29, 0.717) is 34.1 Å². The van der Waals surface area contributed by atoms with Gasteiger partial charge in [0.1, 0.15) is 5.75 Å². The summed E-state index contributed by atoms with van der Waals surface area (Å²) in [4.78, 5) is 25.4. The number of ketones is 1. The molecule has 0 fully saturated rings. The molecule has 9 heteroatoms. The lowest BCUT2D eigenvalue weighted by atomic mass is 10.1. The van der Waals surface area contributed by atoms with E-state index in [9.17, 15) is 18.0 Å². The molecule has 0 unspecified atom stereocenters. The van der Waals surface area contributed by atoms with Gasteiger partial charge in [-0.05, 0) is 60.5 Å². The van der Waals surface area contributed by atoms with Crippen LogP contribution >= 0.6 is 11.6 Å². The number of ether oxygens (including phenoxy) is 1. The number of hydrogen-bond donors (Lipinski definition) is 1. The van der Waals surface area contributed by atoms with Crippen molar-refractivity contribution < 1.29 is 22.7 Å². The monoisotopic (exact) mass is 486 g/mol. The number of carbonyl (C=O) groups excluding carboxylic acids is 2. The number of nitrogens with zero attached hydrogens (tertiary/aromatic N) is 1. The van der Waals surface area contributed by atoms with E-state index in [1.54, 1.807) is 55.7 Å². The minimum Gasteiger partial charge on any atom is -0.497 e. The average Bonchev–Trinajstić information content (AvgIpc) is 3.13. The van der Waals surface area contributed by atoms with Crippen molar-refractivity contribution in [2.75, 3.05) is 13.4 Å². The molecule has 0 aliphatic heterocycles. The Morgan fingerprint density at radius 3 is 2.45 bits per heavy atom. The Labute approximate surface area is 197 Å². The molecule has 1 amide bonds. The van der Waals surface area contributed by atoms with Gasteiger partial charge in [-0.1, -0.05) is 29.8 Å². The lowest BCUT2D eigenvalue weighted by Gasteiger charge is -2.08. The summed E-state index contributed by atoms with van der Waals surface area (Å²) in [5, 5.41) is 0.305. The third-order valence-corrected chi connectivity index (χ3v) is 5.55. The second kappa shape index (κ2) is 10.1. The highest BCUT2D eigenvalue weighted by atomic mass is 35.5. The van der Waals surface area contributed by atoms with Gasteiger partial charge in [-0.3, -0.25) is 9.59 Å². The average molecular weight is 487 g/mol. The van der Waals surface area contributed by atoms with Crippen LogP contribution in [0.5, 0.6) is 5.75 Å². The van der Waals surface area contributed by atoms with Crippen LogP contribution in [0.3, 0.4) is 0 Å². The first-order valence-corrected chi connectivity index (χ1v) is 12.2. The number of benzene rings is 2. The summed E-state index contributed by atoms with van der Waals surface area (Å²) in [5.41, 5.74) is 2.61. The Bertz CT molecular complexity index is 1330. The topological polar surface area (TPSA) is 94.5 Å². The zero-order valence-corrected chi connectivity index (χ0v) is 19.9. The molecule has 0 saturated heterocycles. The standard InChI is InChI=1S/C24H23ClN2O5S/c1-16-13-22(23(28)18-7-10-20(32-2)11-8-18)27(15-16)12-4-5-17-6-9-19(25)14-21(17)24(29)26-33(3,30)31/h4-11,13-15H,12H2,1-3H3,(H,26,29)/b5-4+. The van der Waals surface area contributed by atoms with Gasteiger partial charge in [0.05, 0.1) is 19.1 Å². The molecular formula is C24H23ClN2O5S. The van der Waals surface area contributed by atoms with E-state index in [0.717, 1.165) is 11.8 Å². The van der Waals surface area contributed by atoms with Crippen LogP contribution in [0, 0.1) is 6.92 Å². The minimum atomic E-state index is -3.72. The fraction of sp³-hybridized carbons (Fsp3) is 0.167. The number of methoxy groups -OCH3 is 1. The number of carbonyl (C=O) groups is 2. The minimum absolute atomic E-state index is 0.126. The molecule has 2 aromatic carbocycles. The SMILES string of the molecule is COc1ccc(C(=O)c2cc(C)cn2C/C=C/c2ccc(Cl)cc2C(=O)NS(C)(=O)=O)cc1. The van der Waals surface area contributed by atoms with Gasteiger partial charge in [-0.2, -0.15) is 0 Å². The van der Waals surface area contributed by atoms with E-state index in [4.69, 9.17) is 16.3 Å². The van der Waals surface area contributed by atoms with E-state index in [2.05, 4.69) is 0 Å². The number of amides is 1. The van der Waals surface area contributed by atoms with E-state index < -0.39 is 15.9 Å². The van der Waals surface area contributed by atoms with Crippen molar-refractivity contribution in [2.45, 2.75) is 13.5 Å². The van der Waals surface area contributed by atoms with Crippen LogP contribution in [0.1, 0.15) is 37.5 Å². The maximum Gasteiger partial charge on any atom is 0.265 e. The molecule has 1 heterocycles. The van der Waals surface area contributed by atoms with E-state index >= 15 is 0 Å². The Morgan fingerprint density at radius 2 is 1.82 bits per heavy atom. The predicted octanol–water partition coefficient (Wildman–Crippen LogP) is 4.09. The largest absolute Gasteiger partial charge is 0.497 e. The number of aryl methyl sites for hydroxylation is 1. The Kier molecular flexibility index (Phi) is 7.40. The van der Waals surface area contributed by atoms with Crippen molar-refractivity contribution in [2.24, 2.45) is 0 Å². The third-order valence-electron chi connectivity index (χ3n) is 4.76. The highest BCUT2D eigenvalue weighted by Gasteiger charge is 2.16. The Morgan fingerprint density at radius 1 is 1.12 bits per heavy atom. The summed E-state index contributed by atoms with van der Waals surface area (Å²) in [6, 6.07) is 13.3. The van der Waals surface area contributed by atoms with Crippen molar-refractivity contribution >= 4 is 39.4 Å². The molecule has 172 valence electrons. The highest BCUT2D eigenvalue weighted by molar-refractivity contribution is 7.89. The number of hydrogen-bond acceptors (Lipinski definition) is 5. The molecule has 7 nitrogen and oxygen atoms in total. The molecule has 0 aliphatic rings. The van der Waals surface area contributed by atoms with Crippen molar-refractivity contribution in [3.05, 3.63) is 93.8 Å². The summed E-state index contributed by atoms with van der Waals surface area (Å²) in [5.74, 6) is -0.231. The lowest BCUT2D eigenvalue weighted by Crippen LogP contribution is -2.29. The zero-order valence-electron chi connectivity index (χ0n) is 18.3. The van der Waals surface area contributed by atoms with E-state index in [1.165, 1.54) is 6.07 Å². The number of sulfonamides is 1. The smallest absolute Gasteiger partial charge is 0.265 e. The second-order valence-corrected chi connectivity index (χ2v) is 9.63. The van der Waals surface area contributed by atoms with Crippen LogP contribution in [0.4, 0.5) is 0 Å².